The van der Waals surface area contributed by atoms with Gasteiger partial charge >= 0.3 is 0 Å². The zero-order valence-corrected chi connectivity index (χ0v) is 28.4. The number of fused-ring (bicyclic) bond motifs is 1. The van der Waals surface area contributed by atoms with Crippen molar-refractivity contribution in [1.82, 2.24) is 29.7 Å². The van der Waals surface area contributed by atoms with Crippen LogP contribution in [0.4, 0.5) is 8.78 Å². The molecule has 1 saturated heterocycles. The number of nitrogens with one attached hydrogen (secondary N) is 1. The van der Waals surface area contributed by atoms with Gasteiger partial charge in [-0.25, -0.2) is 23.7 Å². The molecule has 0 saturated carbocycles. The number of ether oxygens (including phenoxy) is 1. The largest absolute Gasteiger partial charge is 0.496 e. The van der Waals surface area contributed by atoms with E-state index in [0.717, 1.165) is 60.1 Å². The average Bonchev–Trinajstić information content (AvgIpc) is 3.13. The number of carbonyl (C=O) groups is 2. The molecule has 1 N–H and O–H groups in total. The standard InChI is InChI=1S/C39H38F2N6O4/c1-46-15-13-29(14-16-46)44-38(49)30-10-7-26(19-36(30)51-2)20-37-43-21-28-17-25(9-12-34(28)45-37)5-3-4-6-35(48)31-22-42-24-47(39(31)50)23-27-8-11-32(40)33(41)18-27/h3,5,7-12,17-19,21-22,24,29H,4,6,13-16,20,23H2,1-2H3,(H,44,49)/b5-3+. The van der Waals surface area contributed by atoms with Gasteiger partial charge in [-0.2, -0.15) is 0 Å². The molecule has 1 aliphatic rings. The highest BCUT2D eigenvalue weighted by Gasteiger charge is 2.21. The molecular weight excluding hydrogens is 654 g/mol. The van der Waals surface area contributed by atoms with Crippen LogP contribution >= 0.6 is 0 Å². The van der Waals surface area contributed by atoms with Crippen molar-refractivity contribution in [2.45, 2.75) is 44.7 Å². The van der Waals surface area contributed by atoms with Crippen LogP contribution in [-0.4, -0.2) is 69.4 Å². The third kappa shape index (κ3) is 8.76. The molecule has 1 aliphatic heterocycles. The van der Waals surface area contributed by atoms with Crippen LogP contribution in [-0.2, 0) is 13.0 Å². The van der Waals surface area contributed by atoms with E-state index in [0.29, 0.717) is 35.5 Å². The molecule has 0 bridgehead atoms. The summed E-state index contributed by atoms with van der Waals surface area (Å²) in [5.41, 5.74) is 2.88. The fourth-order valence-corrected chi connectivity index (χ4v) is 6.07. The summed E-state index contributed by atoms with van der Waals surface area (Å²) in [6, 6.07) is 14.9. The molecule has 2 aromatic heterocycles. The summed E-state index contributed by atoms with van der Waals surface area (Å²) in [7, 11) is 3.65. The lowest BCUT2D eigenvalue weighted by Gasteiger charge is -2.29. The van der Waals surface area contributed by atoms with E-state index in [1.165, 1.54) is 23.2 Å². The molecular formula is C39H38F2N6O4. The number of rotatable bonds is 12. The van der Waals surface area contributed by atoms with Gasteiger partial charge in [-0.1, -0.05) is 30.4 Å². The fraction of sp³-hybridized carbons (Fsp3) is 0.282. The lowest BCUT2D eigenvalue weighted by molar-refractivity contribution is 0.0912. The third-order valence-corrected chi connectivity index (χ3v) is 8.97. The zero-order chi connectivity index (χ0) is 35.9. The predicted molar refractivity (Wildman–Crippen MR) is 190 cm³/mol. The first-order valence-electron chi connectivity index (χ1n) is 16.8. The Balaban J connectivity index is 1.04. The van der Waals surface area contributed by atoms with Crippen molar-refractivity contribution in [3.05, 3.63) is 135 Å². The van der Waals surface area contributed by atoms with Crippen molar-refractivity contribution >= 4 is 28.7 Å². The van der Waals surface area contributed by atoms with Gasteiger partial charge in [-0.15, -0.1) is 0 Å². The minimum absolute atomic E-state index is 0.0436. The minimum atomic E-state index is -1.01. The Morgan fingerprint density at radius 1 is 0.980 bits per heavy atom. The molecule has 10 nitrogen and oxygen atoms in total. The number of likely N-dealkylation sites (tertiary alicyclic amines) is 1. The second-order valence-corrected chi connectivity index (χ2v) is 12.7. The number of halogens is 2. The van der Waals surface area contributed by atoms with Gasteiger partial charge in [-0.05, 0) is 92.5 Å². The van der Waals surface area contributed by atoms with Gasteiger partial charge in [0.15, 0.2) is 17.4 Å². The van der Waals surface area contributed by atoms with E-state index in [9.17, 15) is 23.2 Å². The molecule has 0 atom stereocenters. The molecule has 6 rings (SSSR count). The molecule has 0 aliphatic carbocycles. The Morgan fingerprint density at radius 2 is 1.78 bits per heavy atom. The number of ketones is 1. The quantitative estimate of drug-likeness (QED) is 0.168. The van der Waals surface area contributed by atoms with Gasteiger partial charge < -0.3 is 15.0 Å². The molecule has 262 valence electrons. The maximum Gasteiger partial charge on any atom is 0.264 e. The summed E-state index contributed by atoms with van der Waals surface area (Å²) < 4.78 is 33.6. The number of Topliss-reactive ketones (excluding diaryl/α,β-unsaturated/α-hetero) is 1. The van der Waals surface area contributed by atoms with E-state index >= 15 is 0 Å². The number of methoxy groups -OCH3 is 1. The molecule has 5 aromatic rings. The lowest BCUT2D eigenvalue weighted by Crippen LogP contribution is -2.43. The Morgan fingerprint density at radius 3 is 2.57 bits per heavy atom. The first-order valence-corrected chi connectivity index (χ1v) is 16.8. The van der Waals surface area contributed by atoms with Crippen molar-refractivity contribution < 1.29 is 23.1 Å². The third-order valence-electron chi connectivity index (χ3n) is 8.97. The number of hydrogen-bond donors (Lipinski definition) is 1. The molecule has 1 fully saturated rings. The van der Waals surface area contributed by atoms with Crippen LogP contribution in [0.25, 0.3) is 17.0 Å². The Labute approximate surface area is 293 Å². The molecule has 0 radical (unpaired) electrons. The van der Waals surface area contributed by atoms with E-state index in [2.05, 4.69) is 27.2 Å². The number of nitrogens with zero attached hydrogens (tertiary/aromatic N) is 5. The number of allylic oxidation sites excluding steroid dienone is 1. The average molecular weight is 693 g/mol. The maximum absolute atomic E-state index is 13.6. The number of carbonyl (C=O) groups excluding carboxylic acids is 2. The van der Waals surface area contributed by atoms with Crippen LogP contribution in [0.5, 0.6) is 5.75 Å². The van der Waals surface area contributed by atoms with Crippen molar-refractivity contribution in [3.63, 3.8) is 0 Å². The van der Waals surface area contributed by atoms with Crippen molar-refractivity contribution in [3.8, 4) is 5.75 Å². The highest BCUT2D eigenvalue weighted by atomic mass is 19.2. The highest BCUT2D eigenvalue weighted by Crippen LogP contribution is 2.23. The molecule has 3 aromatic carbocycles. The summed E-state index contributed by atoms with van der Waals surface area (Å²) >= 11 is 0. The molecule has 3 heterocycles. The zero-order valence-electron chi connectivity index (χ0n) is 28.4. The fourth-order valence-electron chi connectivity index (χ4n) is 6.07. The summed E-state index contributed by atoms with van der Waals surface area (Å²) in [6.07, 6.45) is 10.8. The Kier molecular flexibility index (Phi) is 11.0. The summed E-state index contributed by atoms with van der Waals surface area (Å²) in [4.78, 5) is 54.3. The Hall–Kier alpha value is -5.62. The van der Waals surface area contributed by atoms with Crippen LogP contribution in [0.15, 0.2) is 84.2 Å². The summed E-state index contributed by atoms with van der Waals surface area (Å²) in [5.74, 6) is -1.35. The van der Waals surface area contributed by atoms with E-state index in [1.54, 1.807) is 19.4 Å². The number of benzene rings is 3. The number of amides is 1. The number of hydrogen-bond acceptors (Lipinski definition) is 8. The number of piperidine rings is 1. The van der Waals surface area contributed by atoms with Gasteiger partial charge in [0.2, 0.25) is 0 Å². The van der Waals surface area contributed by atoms with Crippen molar-refractivity contribution in [1.29, 1.82) is 0 Å². The van der Waals surface area contributed by atoms with E-state index in [4.69, 9.17) is 9.72 Å². The topological polar surface area (TPSA) is 119 Å². The first-order chi connectivity index (χ1) is 24.7. The summed E-state index contributed by atoms with van der Waals surface area (Å²) in [5, 5.41) is 4.00. The molecule has 1 amide bonds. The molecule has 51 heavy (non-hydrogen) atoms. The van der Waals surface area contributed by atoms with Crippen LogP contribution in [0.3, 0.4) is 0 Å². The Bertz CT molecular complexity index is 2160. The van der Waals surface area contributed by atoms with Crippen LogP contribution in [0.2, 0.25) is 0 Å². The molecule has 0 spiro atoms. The number of aromatic nitrogens is 4. The summed E-state index contributed by atoms with van der Waals surface area (Å²) in [6.45, 7) is 1.88. The second-order valence-electron chi connectivity index (χ2n) is 12.7. The van der Waals surface area contributed by atoms with Gasteiger partial charge in [0.1, 0.15) is 17.1 Å². The first kappa shape index (κ1) is 35.2. The van der Waals surface area contributed by atoms with Crippen LogP contribution in [0, 0.1) is 11.6 Å². The van der Waals surface area contributed by atoms with Gasteiger partial charge in [0.25, 0.3) is 11.5 Å². The van der Waals surface area contributed by atoms with Crippen molar-refractivity contribution in [2.75, 3.05) is 27.2 Å². The van der Waals surface area contributed by atoms with Crippen LogP contribution in [0.1, 0.15) is 68.9 Å². The smallest absolute Gasteiger partial charge is 0.264 e. The molecule has 0 unspecified atom stereocenters. The predicted octanol–water partition coefficient (Wildman–Crippen LogP) is 5.61. The molecule has 12 heteroatoms. The van der Waals surface area contributed by atoms with Gasteiger partial charge in [0, 0.05) is 36.7 Å². The monoisotopic (exact) mass is 692 g/mol. The van der Waals surface area contributed by atoms with E-state index in [-0.39, 0.29) is 36.3 Å². The lowest BCUT2D eigenvalue weighted by atomic mass is 10.0. The SMILES string of the molecule is COc1cc(Cc2ncc3cc(/C=C/CCC(=O)c4cncn(Cc5ccc(F)c(F)c5)c4=O)ccc3n2)ccc1C(=O)NC1CCN(C)CC1. The minimum Gasteiger partial charge on any atom is -0.496 e. The van der Waals surface area contributed by atoms with E-state index in [1.807, 2.05) is 42.5 Å². The van der Waals surface area contributed by atoms with Gasteiger partial charge in [0.05, 0.1) is 31.1 Å². The van der Waals surface area contributed by atoms with Crippen molar-refractivity contribution in [2.24, 2.45) is 0 Å². The highest BCUT2D eigenvalue weighted by molar-refractivity contribution is 5.97. The van der Waals surface area contributed by atoms with E-state index < -0.39 is 17.2 Å². The van der Waals surface area contributed by atoms with Gasteiger partial charge in [-0.3, -0.25) is 19.0 Å². The maximum atomic E-state index is 13.6. The second kappa shape index (κ2) is 15.9. The van der Waals surface area contributed by atoms with Crippen LogP contribution < -0.4 is 15.6 Å². The normalized spacial score (nSPS) is 13.9.